The zero-order valence-corrected chi connectivity index (χ0v) is 15.2. The summed E-state index contributed by atoms with van der Waals surface area (Å²) >= 11 is 0. The number of carbonyl (C=O) groups excluding carboxylic acids is 3. The van der Waals surface area contributed by atoms with Crippen LogP contribution < -0.4 is 0 Å². The highest BCUT2D eigenvalue weighted by Crippen LogP contribution is 2.58. The molecule has 4 atom stereocenters. The Kier molecular flexibility index (Phi) is 7.38. The zero-order valence-electron chi connectivity index (χ0n) is 14.3. The van der Waals surface area contributed by atoms with Crippen LogP contribution in [0.15, 0.2) is 0 Å². The summed E-state index contributed by atoms with van der Waals surface area (Å²) in [5, 5.41) is 0. The Bertz CT molecular complexity index is 530. The summed E-state index contributed by atoms with van der Waals surface area (Å²) in [7, 11) is -3.60. The van der Waals surface area contributed by atoms with E-state index in [-0.39, 0.29) is 12.8 Å². The number of hydrogen-bond acceptors (Lipinski definition) is 9. The lowest BCUT2D eigenvalue weighted by Crippen LogP contribution is -2.48. The van der Waals surface area contributed by atoms with E-state index in [2.05, 4.69) is 0 Å². The van der Waals surface area contributed by atoms with Crippen molar-refractivity contribution < 1.29 is 42.4 Å². The van der Waals surface area contributed by atoms with Gasteiger partial charge in [0, 0.05) is 20.8 Å². The lowest BCUT2D eigenvalue weighted by Gasteiger charge is -2.40. The standard InChI is InChI=1S/C14H23O9P/c1-8(2)23-24(18)7-13(20-10(4)16)22-12(6-19-9(3)15)14(24)21-11(5)17/h8,12-14H,6-7H2,1-5H3/t12-,13-,14-,24?/m1/s1. The summed E-state index contributed by atoms with van der Waals surface area (Å²) in [6, 6.07) is 0. The molecule has 0 aromatic rings. The van der Waals surface area contributed by atoms with Crippen LogP contribution in [0.25, 0.3) is 0 Å². The maximum absolute atomic E-state index is 13.2. The van der Waals surface area contributed by atoms with Gasteiger partial charge in [-0.05, 0) is 13.8 Å². The van der Waals surface area contributed by atoms with E-state index >= 15 is 0 Å². The highest BCUT2D eigenvalue weighted by Gasteiger charge is 2.52. The molecular weight excluding hydrogens is 343 g/mol. The van der Waals surface area contributed by atoms with E-state index in [4.69, 9.17) is 23.5 Å². The van der Waals surface area contributed by atoms with Crippen LogP contribution in [-0.4, -0.2) is 55.0 Å². The maximum Gasteiger partial charge on any atom is 0.304 e. The van der Waals surface area contributed by atoms with Gasteiger partial charge < -0.3 is 23.5 Å². The van der Waals surface area contributed by atoms with E-state index in [0.29, 0.717) is 0 Å². The van der Waals surface area contributed by atoms with Crippen molar-refractivity contribution in [1.82, 2.24) is 0 Å². The molecule has 0 saturated carbocycles. The molecule has 0 amide bonds. The van der Waals surface area contributed by atoms with Gasteiger partial charge >= 0.3 is 17.9 Å². The van der Waals surface area contributed by atoms with Gasteiger partial charge in [0.25, 0.3) is 7.37 Å². The molecule has 9 nitrogen and oxygen atoms in total. The van der Waals surface area contributed by atoms with Crippen LogP contribution in [-0.2, 0) is 42.4 Å². The molecule has 138 valence electrons. The third-order valence-corrected chi connectivity index (χ3v) is 5.66. The fourth-order valence-electron chi connectivity index (χ4n) is 2.23. The molecule has 1 heterocycles. The van der Waals surface area contributed by atoms with E-state index in [1.807, 2.05) is 0 Å². The third kappa shape index (κ3) is 6.22. The van der Waals surface area contributed by atoms with Gasteiger partial charge in [0.1, 0.15) is 12.7 Å². The molecular formula is C14H23O9P. The molecule has 0 aromatic carbocycles. The van der Waals surface area contributed by atoms with Gasteiger partial charge in [0.2, 0.25) is 12.1 Å². The number of carbonyl (C=O) groups is 3. The van der Waals surface area contributed by atoms with Crippen LogP contribution in [0.3, 0.4) is 0 Å². The normalized spacial score (nSPS) is 29.8. The second-order valence-corrected chi connectivity index (χ2v) is 8.12. The minimum atomic E-state index is -3.60. The summed E-state index contributed by atoms with van der Waals surface area (Å²) in [5.74, 6) is -3.17. The average Bonchev–Trinajstić information content (AvgIpc) is 2.37. The Morgan fingerprint density at radius 2 is 1.67 bits per heavy atom. The molecule has 1 fully saturated rings. The summed E-state index contributed by atoms with van der Waals surface area (Å²) in [4.78, 5) is 33.6. The van der Waals surface area contributed by atoms with Crippen molar-refractivity contribution in [3.63, 3.8) is 0 Å². The fraction of sp³-hybridized carbons (Fsp3) is 0.786. The van der Waals surface area contributed by atoms with Crippen LogP contribution in [0.5, 0.6) is 0 Å². The first-order chi connectivity index (χ1) is 11.0. The molecule has 0 aromatic heterocycles. The topological polar surface area (TPSA) is 114 Å². The summed E-state index contributed by atoms with van der Waals surface area (Å²) < 4.78 is 39.2. The summed E-state index contributed by atoms with van der Waals surface area (Å²) in [6.07, 6.45) is -2.93. The molecule has 0 spiro atoms. The van der Waals surface area contributed by atoms with E-state index in [1.165, 1.54) is 13.8 Å². The fourth-order valence-corrected chi connectivity index (χ4v) is 4.90. The van der Waals surface area contributed by atoms with Crippen LogP contribution in [0.1, 0.15) is 34.6 Å². The highest BCUT2D eigenvalue weighted by molar-refractivity contribution is 7.59. The van der Waals surface area contributed by atoms with Gasteiger partial charge in [0.05, 0.1) is 12.3 Å². The molecule has 1 rings (SSSR count). The molecule has 10 heteroatoms. The molecule has 0 N–H and O–H groups in total. The van der Waals surface area contributed by atoms with Crippen LogP contribution in [0.2, 0.25) is 0 Å². The molecule has 0 aliphatic carbocycles. The Balaban J connectivity index is 3.11. The molecule has 0 radical (unpaired) electrons. The Morgan fingerprint density at radius 3 is 2.12 bits per heavy atom. The van der Waals surface area contributed by atoms with Crippen molar-refractivity contribution in [2.24, 2.45) is 0 Å². The lowest BCUT2D eigenvalue weighted by molar-refractivity contribution is -0.207. The predicted molar refractivity (Wildman–Crippen MR) is 81.3 cm³/mol. The van der Waals surface area contributed by atoms with Gasteiger partial charge in [-0.15, -0.1) is 0 Å². The Hall–Kier alpha value is -1.44. The van der Waals surface area contributed by atoms with Gasteiger partial charge in [0.15, 0.2) is 0 Å². The number of esters is 3. The minimum absolute atomic E-state index is 0.265. The highest BCUT2D eigenvalue weighted by atomic mass is 31.2. The molecule has 1 unspecified atom stereocenters. The first-order valence-electron chi connectivity index (χ1n) is 7.44. The van der Waals surface area contributed by atoms with Gasteiger partial charge in [-0.25, -0.2) is 0 Å². The van der Waals surface area contributed by atoms with Crippen molar-refractivity contribution >= 4 is 25.3 Å². The molecule has 0 bridgehead atoms. The van der Waals surface area contributed by atoms with Gasteiger partial charge in [-0.1, -0.05) is 0 Å². The largest absolute Gasteiger partial charge is 0.463 e. The van der Waals surface area contributed by atoms with E-state index in [0.717, 1.165) is 6.92 Å². The maximum atomic E-state index is 13.2. The first-order valence-corrected chi connectivity index (χ1v) is 9.32. The first kappa shape index (κ1) is 20.6. The van der Waals surface area contributed by atoms with Crippen LogP contribution in [0.4, 0.5) is 0 Å². The smallest absolute Gasteiger partial charge is 0.304 e. The molecule has 1 aliphatic heterocycles. The molecule has 1 saturated heterocycles. The van der Waals surface area contributed by atoms with E-state index in [1.54, 1.807) is 13.8 Å². The van der Waals surface area contributed by atoms with Crippen molar-refractivity contribution in [3.8, 4) is 0 Å². The predicted octanol–water partition coefficient (Wildman–Crippen LogP) is 1.43. The number of ether oxygens (including phenoxy) is 4. The quantitative estimate of drug-likeness (QED) is 0.391. The molecule has 1 aliphatic rings. The molecule has 24 heavy (non-hydrogen) atoms. The Morgan fingerprint density at radius 1 is 1.08 bits per heavy atom. The average molecular weight is 366 g/mol. The number of rotatable bonds is 6. The Labute approximate surface area is 140 Å². The second kappa shape index (κ2) is 8.60. The lowest BCUT2D eigenvalue weighted by atomic mass is 10.4. The monoisotopic (exact) mass is 366 g/mol. The van der Waals surface area contributed by atoms with Crippen molar-refractivity contribution in [2.75, 3.05) is 12.8 Å². The third-order valence-electron chi connectivity index (χ3n) is 2.86. The second-order valence-electron chi connectivity index (χ2n) is 5.58. The summed E-state index contributed by atoms with van der Waals surface area (Å²) in [6.45, 7) is 6.54. The van der Waals surface area contributed by atoms with E-state index < -0.39 is 49.6 Å². The van der Waals surface area contributed by atoms with E-state index in [9.17, 15) is 18.9 Å². The zero-order chi connectivity index (χ0) is 18.5. The SMILES string of the molecule is CC(=O)OC[C@H]1O[C@@H](OC(C)=O)CP(=O)(OC(C)C)[C@H]1OC(C)=O. The van der Waals surface area contributed by atoms with Gasteiger partial charge in [-0.2, -0.15) is 0 Å². The van der Waals surface area contributed by atoms with Crippen LogP contribution >= 0.6 is 7.37 Å². The van der Waals surface area contributed by atoms with Crippen molar-refractivity contribution in [2.45, 2.75) is 59.0 Å². The van der Waals surface area contributed by atoms with Gasteiger partial charge in [-0.3, -0.25) is 18.9 Å². The summed E-state index contributed by atoms with van der Waals surface area (Å²) in [5.41, 5.74) is 0. The van der Waals surface area contributed by atoms with Crippen LogP contribution in [0, 0.1) is 0 Å². The van der Waals surface area contributed by atoms with Crippen molar-refractivity contribution in [3.05, 3.63) is 0 Å². The van der Waals surface area contributed by atoms with Crippen molar-refractivity contribution in [1.29, 1.82) is 0 Å². The minimum Gasteiger partial charge on any atom is -0.463 e. The number of hydrogen-bond donors (Lipinski definition) is 0.